The number of carbonyl (C=O) groups excluding carboxylic acids is 2. The summed E-state index contributed by atoms with van der Waals surface area (Å²) in [7, 11) is 1.67. The number of methoxy groups -OCH3 is 1. The summed E-state index contributed by atoms with van der Waals surface area (Å²) in [5.41, 5.74) is 1.85. The van der Waals surface area contributed by atoms with Crippen LogP contribution in [0.5, 0.6) is 0 Å². The molecule has 2 fully saturated rings. The molecule has 2 amide bonds. The van der Waals surface area contributed by atoms with Gasteiger partial charge in [0, 0.05) is 41.4 Å². The molecule has 13 heteroatoms. The second-order valence-electron chi connectivity index (χ2n) is 11.1. The largest absolute Gasteiger partial charge is 0.481 e. The van der Waals surface area contributed by atoms with Crippen LogP contribution < -0.4 is 5.32 Å². The van der Waals surface area contributed by atoms with E-state index in [0.717, 1.165) is 22.7 Å². The number of amides is 2. The number of halogens is 2. The third-order valence-electron chi connectivity index (χ3n) is 8.48. The average molecular weight is 659 g/mol. The lowest BCUT2D eigenvalue weighted by Crippen LogP contribution is -2.71. The molecule has 44 heavy (non-hydrogen) atoms. The van der Waals surface area contributed by atoms with Crippen LogP contribution in [0.25, 0.3) is 11.0 Å². The van der Waals surface area contributed by atoms with Crippen molar-refractivity contribution < 1.29 is 33.2 Å². The lowest BCUT2D eigenvalue weighted by molar-refractivity contribution is -0.993. The van der Waals surface area contributed by atoms with Crippen LogP contribution in [0.15, 0.2) is 53.3 Å². The molecule has 2 aromatic heterocycles. The number of anilines is 1. The molecule has 2 aliphatic heterocycles. The van der Waals surface area contributed by atoms with Crippen LogP contribution in [0, 0.1) is 0 Å². The van der Waals surface area contributed by atoms with Gasteiger partial charge in [-0.2, -0.15) is 4.59 Å². The van der Waals surface area contributed by atoms with E-state index in [0.29, 0.717) is 58.9 Å². The van der Waals surface area contributed by atoms with Crippen molar-refractivity contribution in [2.24, 2.45) is 0 Å². The zero-order valence-corrected chi connectivity index (χ0v) is 26.3. The first-order valence-electron chi connectivity index (χ1n) is 14.3. The number of aryl methyl sites for hydroxylation is 1. The Labute approximate surface area is 267 Å². The van der Waals surface area contributed by atoms with Crippen molar-refractivity contribution in [3.63, 3.8) is 0 Å². The number of nitrogens with zero attached hydrogens (tertiary/aromatic N) is 3. The van der Waals surface area contributed by atoms with Crippen molar-refractivity contribution in [1.82, 2.24) is 9.99 Å². The van der Waals surface area contributed by atoms with Crippen molar-refractivity contribution in [2.45, 2.75) is 44.2 Å². The first-order valence-corrected chi connectivity index (χ1v) is 15.9. The fourth-order valence-corrected chi connectivity index (χ4v) is 7.71. The third kappa shape index (κ3) is 5.76. The number of carboxylic acids is 1. The van der Waals surface area contributed by atoms with Crippen molar-refractivity contribution in [3.05, 3.63) is 79.9 Å². The summed E-state index contributed by atoms with van der Waals surface area (Å²) in [6, 6.07) is 10.2. The quantitative estimate of drug-likeness (QED) is 0.195. The van der Waals surface area contributed by atoms with Crippen molar-refractivity contribution >= 4 is 69.0 Å². The highest BCUT2D eigenvalue weighted by molar-refractivity contribution is 7.11. The molecule has 2 N–H and O–H groups in total. The first kappa shape index (κ1) is 30.7. The number of hydrogen-bond acceptors (Lipinski definition) is 8. The van der Waals surface area contributed by atoms with E-state index in [-0.39, 0.29) is 40.5 Å². The van der Waals surface area contributed by atoms with Gasteiger partial charge in [-0.25, -0.2) is 9.78 Å². The standard InChI is InChI=1S/C31H30Cl2N4O6S/c1-42-19-15-36(16-19)37(10-4-6-26(37)31-34-14-20(44-31)8-9-29(39)40)28(38)12-18-11-24(33)25(13-23(18)32)35-30(41)22-17-43-27-7-3-2-5-21(22)27/h2-3,5,7,11,13-14,17,19,26H,4,6,8-10,12,15-16H2,1H3,(H-,35,39,40,41)/p+1/t26-,37?/m0/s1. The van der Waals surface area contributed by atoms with Crippen molar-refractivity contribution in [3.8, 4) is 0 Å². The topological polar surface area (TPSA) is 122 Å². The Bertz CT molecular complexity index is 1730. The van der Waals surface area contributed by atoms with E-state index in [1.807, 2.05) is 12.1 Å². The molecular weight excluding hydrogens is 627 g/mol. The second kappa shape index (κ2) is 12.6. The minimum absolute atomic E-state index is 0.0288. The number of carboxylic acid groups (broad SMARTS) is 1. The van der Waals surface area contributed by atoms with Crippen molar-refractivity contribution in [1.29, 1.82) is 0 Å². The summed E-state index contributed by atoms with van der Waals surface area (Å²) >= 11 is 14.8. The summed E-state index contributed by atoms with van der Waals surface area (Å²) in [6.07, 6.45) is 5.23. The van der Waals surface area contributed by atoms with Crippen LogP contribution in [-0.4, -0.2) is 70.3 Å². The van der Waals surface area contributed by atoms with Gasteiger partial charge in [0.05, 0.1) is 48.3 Å². The number of ether oxygens (including phenoxy) is 1. The summed E-state index contributed by atoms with van der Waals surface area (Å²) < 4.78 is 11.1. The number of likely N-dealkylation sites (tertiary alicyclic amines) is 1. The minimum atomic E-state index is -0.858. The zero-order chi connectivity index (χ0) is 31.0. The highest BCUT2D eigenvalue weighted by atomic mass is 35.5. The normalized spacial score (nSPS) is 20.6. The number of benzene rings is 2. The molecule has 2 aliphatic rings. The summed E-state index contributed by atoms with van der Waals surface area (Å²) in [5.74, 6) is -1.29. The molecule has 230 valence electrons. The van der Waals surface area contributed by atoms with E-state index in [1.165, 1.54) is 17.6 Å². The Morgan fingerprint density at radius 1 is 1.20 bits per heavy atom. The van der Waals surface area contributed by atoms with E-state index in [1.54, 1.807) is 37.6 Å². The van der Waals surface area contributed by atoms with Gasteiger partial charge in [0.1, 0.15) is 18.4 Å². The number of furan rings is 1. The Hall–Kier alpha value is -3.32. The third-order valence-corrected chi connectivity index (χ3v) is 10.3. The number of thiazole rings is 1. The van der Waals surface area contributed by atoms with Gasteiger partial charge in [-0.15, -0.1) is 16.3 Å². The highest BCUT2D eigenvalue weighted by Crippen LogP contribution is 2.45. The van der Waals surface area contributed by atoms with E-state index in [4.69, 9.17) is 37.5 Å². The van der Waals surface area contributed by atoms with Gasteiger partial charge >= 0.3 is 11.9 Å². The van der Waals surface area contributed by atoms with Gasteiger partial charge in [-0.3, -0.25) is 9.59 Å². The van der Waals surface area contributed by atoms with Crippen LogP contribution in [0.2, 0.25) is 10.0 Å². The molecule has 2 saturated heterocycles. The van der Waals surface area contributed by atoms with E-state index in [2.05, 4.69) is 15.3 Å². The van der Waals surface area contributed by atoms with Crippen LogP contribution in [0.1, 0.15) is 51.1 Å². The molecule has 0 aliphatic carbocycles. The number of quaternary nitrogens is 1. The smallest absolute Gasteiger partial charge is 0.337 e. The summed E-state index contributed by atoms with van der Waals surface area (Å²) in [5, 5.41) is 16.1. The number of aliphatic carboxylic acids is 1. The molecule has 4 aromatic rings. The van der Waals surface area contributed by atoms with Gasteiger partial charge in [-0.05, 0) is 30.2 Å². The van der Waals surface area contributed by atoms with Gasteiger partial charge < -0.3 is 19.6 Å². The molecule has 1 unspecified atom stereocenters. The molecule has 10 nitrogen and oxygen atoms in total. The number of rotatable bonds is 10. The van der Waals surface area contributed by atoms with Gasteiger partial charge in [0.15, 0.2) is 11.0 Å². The number of nitrogens with one attached hydrogen (secondary N) is 1. The zero-order valence-electron chi connectivity index (χ0n) is 23.9. The predicted molar refractivity (Wildman–Crippen MR) is 167 cm³/mol. The maximum atomic E-state index is 14.4. The Balaban J connectivity index is 1.24. The van der Waals surface area contributed by atoms with E-state index < -0.39 is 11.9 Å². The maximum absolute atomic E-state index is 14.4. The number of aromatic nitrogens is 1. The molecule has 6 rings (SSSR count). The van der Waals surface area contributed by atoms with Crippen LogP contribution >= 0.6 is 34.5 Å². The SMILES string of the molecule is COC1CN([N+]2(C(=O)Cc3cc(Cl)c(NC(=O)c4coc5ccccc45)cc3Cl)CCC[C@H]2c2ncc(CCC(=O)O)s2)C1. The van der Waals surface area contributed by atoms with Gasteiger partial charge in [-0.1, -0.05) is 41.4 Å². The molecule has 0 saturated carbocycles. The summed E-state index contributed by atoms with van der Waals surface area (Å²) in [6.45, 7) is 1.83. The van der Waals surface area contributed by atoms with Gasteiger partial charge in [0.2, 0.25) is 0 Å². The van der Waals surface area contributed by atoms with Crippen LogP contribution in [-0.2, 0) is 27.2 Å². The summed E-state index contributed by atoms with van der Waals surface area (Å²) in [4.78, 5) is 44.1. The fourth-order valence-electron chi connectivity index (χ4n) is 6.14. The molecular formula is C31H31Cl2N4O6S+. The predicted octanol–water partition coefficient (Wildman–Crippen LogP) is 6.13. The van der Waals surface area contributed by atoms with E-state index in [9.17, 15) is 14.4 Å². The lowest BCUT2D eigenvalue weighted by atomic mass is 10.1. The highest BCUT2D eigenvalue weighted by Gasteiger charge is 2.58. The Kier molecular flexibility index (Phi) is 8.78. The average Bonchev–Trinajstić information content (AvgIpc) is 3.72. The molecule has 0 bridgehead atoms. The fraction of sp³-hybridized carbons (Fsp3) is 0.355. The minimum Gasteiger partial charge on any atom is -0.481 e. The number of carbonyl (C=O) groups is 3. The van der Waals surface area contributed by atoms with Crippen molar-refractivity contribution in [2.75, 3.05) is 32.1 Å². The van der Waals surface area contributed by atoms with E-state index >= 15 is 0 Å². The molecule has 0 spiro atoms. The number of hydrogen-bond donors (Lipinski definition) is 2. The lowest BCUT2D eigenvalue weighted by Gasteiger charge is -2.50. The molecule has 2 aromatic carbocycles. The van der Waals surface area contributed by atoms with Crippen LogP contribution in [0.3, 0.4) is 0 Å². The van der Waals surface area contributed by atoms with Gasteiger partial charge in [0.25, 0.3) is 5.91 Å². The maximum Gasteiger partial charge on any atom is 0.337 e. The number of fused-ring (bicyclic) bond motifs is 1. The second-order valence-corrected chi connectivity index (χ2v) is 13.1. The number of para-hydroxylation sites is 1. The molecule has 2 atom stereocenters. The monoisotopic (exact) mass is 657 g/mol. The Morgan fingerprint density at radius 2 is 2.00 bits per heavy atom. The molecule has 4 heterocycles. The first-order chi connectivity index (χ1) is 21.2. The molecule has 0 radical (unpaired) electrons. The Morgan fingerprint density at radius 3 is 2.77 bits per heavy atom. The van der Waals surface area contributed by atoms with Crippen LogP contribution in [0.4, 0.5) is 5.69 Å².